The molecule has 0 saturated heterocycles. The van der Waals surface area contributed by atoms with Gasteiger partial charge in [0.25, 0.3) is 0 Å². The molecule has 2 atom stereocenters. The molecule has 1 aliphatic carbocycles. The number of carboxylic acids is 1. The van der Waals surface area contributed by atoms with Gasteiger partial charge in [-0.2, -0.15) is 0 Å². The second-order valence-corrected chi connectivity index (χ2v) is 4.43. The minimum atomic E-state index is -0.958. The van der Waals surface area contributed by atoms with Crippen molar-refractivity contribution in [3.63, 3.8) is 0 Å². The first-order valence-corrected chi connectivity index (χ1v) is 5.80. The number of carbonyl (C=O) groups is 1. The van der Waals surface area contributed by atoms with E-state index in [2.05, 4.69) is 13.0 Å². The summed E-state index contributed by atoms with van der Waals surface area (Å²) in [6.07, 6.45) is 10.7. The molecular weight excluding hydrogens is 190 g/mol. The lowest BCUT2D eigenvalue weighted by Crippen LogP contribution is -2.34. The van der Waals surface area contributed by atoms with E-state index in [0.29, 0.717) is 6.42 Å². The molecule has 15 heavy (non-hydrogen) atoms. The highest BCUT2D eigenvalue weighted by Crippen LogP contribution is 2.42. The number of hydrogen-bond acceptors (Lipinski definition) is 2. The summed E-state index contributed by atoms with van der Waals surface area (Å²) in [7, 11) is 0. The van der Waals surface area contributed by atoms with Gasteiger partial charge < -0.3 is 10.8 Å². The molecule has 1 aliphatic rings. The van der Waals surface area contributed by atoms with Crippen molar-refractivity contribution in [3.8, 4) is 0 Å². The molecule has 3 nitrogen and oxygen atoms in total. The Labute approximate surface area is 91.4 Å². The summed E-state index contributed by atoms with van der Waals surface area (Å²) in [6.45, 7) is 2.19. The van der Waals surface area contributed by atoms with Gasteiger partial charge in [-0.3, -0.25) is 4.79 Å². The van der Waals surface area contributed by atoms with Crippen molar-refractivity contribution in [3.05, 3.63) is 12.2 Å². The number of rotatable bonds is 7. The van der Waals surface area contributed by atoms with Crippen molar-refractivity contribution in [2.45, 2.75) is 51.0 Å². The normalized spacial score (nSPS) is 29.6. The Morgan fingerprint density at radius 3 is 2.80 bits per heavy atom. The molecule has 0 aliphatic heterocycles. The molecule has 0 amide bonds. The summed E-state index contributed by atoms with van der Waals surface area (Å²) < 4.78 is 0. The van der Waals surface area contributed by atoms with E-state index in [1.54, 1.807) is 0 Å². The van der Waals surface area contributed by atoms with Crippen LogP contribution in [0, 0.1) is 5.92 Å². The number of nitrogens with two attached hydrogens (primary N) is 1. The average molecular weight is 211 g/mol. The van der Waals surface area contributed by atoms with Gasteiger partial charge in [0.2, 0.25) is 0 Å². The summed E-state index contributed by atoms with van der Waals surface area (Å²) in [6, 6.07) is 0. The first-order chi connectivity index (χ1) is 7.11. The third kappa shape index (κ3) is 3.34. The molecule has 0 bridgehead atoms. The molecule has 0 radical (unpaired) electrons. The number of unbranched alkanes of at least 4 members (excludes halogenated alkanes) is 4. The Hall–Kier alpha value is -0.830. The molecule has 1 unspecified atom stereocenters. The highest BCUT2D eigenvalue weighted by Gasteiger charge is 2.56. The van der Waals surface area contributed by atoms with Gasteiger partial charge in [-0.25, -0.2) is 0 Å². The zero-order valence-corrected chi connectivity index (χ0v) is 9.41. The van der Waals surface area contributed by atoms with Crippen LogP contribution < -0.4 is 5.73 Å². The molecule has 0 spiro atoms. The Morgan fingerprint density at radius 2 is 2.27 bits per heavy atom. The van der Waals surface area contributed by atoms with Crippen LogP contribution in [0.25, 0.3) is 0 Å². The Balaban J connectivity index is 2.11. The molecule has 3 N–H and O–H groups in total. The number of aliphatic carboxylic acids is 1. The van der Waals surface area contributed by atoms with E-state index >= 15 is 0 Å². The lowest BCUT2D eigenvalue weighted by atomic mass is 10.1. The van der Waals surface area contributed by atoms with Gasteiger partial charge in [0, 0.05) is 5.92 Å². The van der Waals surface area contributed by atoms with E-state index < -0.39 is 11.5 Å². The molecule has 0 aromatic heterocycles. The quantitative estimate of drug-likeness (QED) is 0.501. The third-order valence-corrected chi connectivity index (χ3v) is 3.05. The maximum absolute atomic E-state index is 10.7. The predicted molar refractivity (Wildman–Crippen MR) is 60.6 cm³/mol. The van der Waals surface area contributed by atoms with Crippen LogP contribution in [-0.2, 0) is 4.79 Å². The molecule has 3 heteroatoms. The summed E-state index contributed by atoms with van der Waals surface area (Å²) in [5, 5.41) is 8.80. The van der Waals surface area contributed by atoms with Crippen molar-refractivity contribution in [2.75, 3.05) is 0 Å². The number of allylic oxidation sites excluding steroid dienone is 1. The zero-order valence-electron chi connectivity index (χ0n) is 9.41. The van der Waals surface area contributed by atoms with Gasteiger partial charge in [-0.1, -0.05) is 38.3 Å². The predicted octanol–water partition coefficient (Wildman–Crippen LogP) is 2.32. The molecule has 0 aromatic rings. The van der Waals surface area contributed by atoms with Crippen molar-refractivity contribution >= 4 is 5.97 Å². The summed E-state index contributed by atoms with van der Waals surface area (Å²) >= 11 is 0. The second kappa shape index (κ2) is 5.31. The molecule has 0 aromatic carbocycles. The monoisotopic (exact) mass is 211 g/mol. The SMILES string of the molecule is CCCCCC/C=C\C1C[C@]1(N)C(=O)O. The zero-order chi connectivity index (χ0) is 11.3. The maximum Gasteiger partial charge on any atom is 0.324 e. The highest BCUT2D eigenvalue weighted by atomic mass is 16.4. The van der Waals surface area contributed by atoms with E-state index in [1.807, 2.05) is 6.08 Å². The molecule has 0 heterocycles. The van der Waals surface area contributed by atoms with Crippen LogP contribution in [0.5, 0.6) is 0 Å². The molecular formula is C12H21NO2. The fraction of sp³-hybridized carbons (Fsp3) is 0.750. The van der Waals surface area contributed by atoms with Crippen molar-refractivity contribution in [1.82, 2.24) is 0 Å². The average Bonchev–Trinajstić information content (AvgIpc) is 2.85. The van der Waals surface area contributed by atoms with E-state index in [9.17, 15) is 4.79 Å². The Morgan fingerprint density at radius 1 is 1.53 bits per heavy atom. The molecule has 1 fully saturated rings. The van der Waals surface area contributed by atoms with E-state index in [-0.39, 0.29) is 5.92 Å². The van der Waals surface area contributed by atoms with Gasteiger partial charge >= 0.3 is 5.97 Å². The largest absolute Gasteiger partial charge is 0.480 e. The van der Waals surface area contributed by atoms with Crippen molar-refractivity contribution < 1.29 is 9.90 Å². The highest BCUT2D eigenvalue weighted by molar-refractivity contribution is 5.83. The van der Waals surface area contributed by atoms with Crippen LogP contribution in [-0.4, -0.2) is 16.6 Å². The van der Waals surface area contributed by atoms with Crippen LogP contribution in [0.1, 0.15) is 45.4 Å². The summed E-state index contributed by atoms with van der Waals surface area (Å²) in [4.78, 5) is 10.7. The number of hydrogen-bond donors (Lipinski definition) is 2. The number of carboxylic acid groups (broad SMARTS) is 1. The summed E-state index contributed by atoms with van der Waals surface area (Å²) in [5.41, 5.74) is 4.69. The van der Waals surface area contributed by atoms with Crippen LogP contribution in [0.15, 0.2) is 12.2 Å². The van der Waals surface area contributed by atoms with E-state index in [4.69, 9.17) is 10.8 Å². The van der Waals surface area contributed by atoms with Crippen LogP contribution in [0.2, 0.25) is 0 Å². The van der Waals surface area contributed by atoms with Gasteiger partial charge in [0.15, 0.2) is 0 Å². The van der Waals surface area contributed by atoms with Crippen molar-refractivity contribution in [2.24, 2.45) is 11.7 Å². The van der Waals surface area contributed by atoms with Gasteiger partial charge in [-0.15, -0.1) is 0 Å². The lowest BCUT2D eigenvalue weighted by Gasteiger charge is -2.00. The first kappa shape index (κ1) is 12.2. The Bertz CT molecular complexity index is 250. The maximum atomic E-state index is 10.7. The standard InChI is InChI=1S/C12H21NO2/c1-2-3-4-5-6-7-8-10-9-12(10,13)11(14)15/h7-8,10H,2-6,9,13H2,1H3,(H,14,15)/b8-7-/t10?,12-/m1/s1. The fourth-order valence-corrected chi connectivity index (χ4v) is 1.74. The van der Waals surface area contributed by atoms with E-state index in [1.165, 1.54) is 25.7 Å². The fourth-order valence-electron chi connectivity index (χ4n) is 1.74. The third-order valence-electron chi connectivity index (χ3n) is 3.05. The molecule has 1 saturated carbocycles. The minimum absolute atomic E-state index is 0.0566. The van der Waals surface area contributed by atoms with E-state index in [0.717, 1.165) is 6.42 Å². The second-order valence-electron chi connectivity index (χ2n) is 4.43. The van der Waals surface area contributed by atoms with Gasteiger partial charge in [0.05, 0.1) is 0 Å². The van der Waals surface area contributed by atoms with Crippen LogP contribution >= 0.6 is 0 Å². The van der Waals surface area contributed by atoms with Crippen molar-refractivity contribution in [1.29, 1.82) is 0 Å². The van der Waals surface area contributed by atoms with Crippen LogP contribution in [0.3, 0.4) is 0 Å². The van der Waals surface area contributed by atoms with Crippen LogP contribution in [0.4, 0.5) is 0 Å². The van der Waals surface area contributed by atoms with Gasteiger partial charge in [0.1, 0.15) is 5.54 Å². The minimum Gasteiger partial charge on any atom is -0.480 e. The first-order valence-electron chi connectivity index (χ1n) is 5.80. The molecule has 86 valence electrons. The molecule has 1 rings (SSSR count). The summed E-state index contributed by atoms with van der Waals surface area (Å²) in [5.74, 6) is -0.815. The topological polar surface area (TPSA) is 63.3 Å². The van der Waals surface area contributed by atoms with Gasteiger partial charge in [-0.05, 0) is 19.3 Å². The lowest BCUT2D eigenvalue weighted by molar-refractivity contribution is -0.139. The smallest absolute Gasteiger partial charge is 0.324 e. The Kier molecular flexibility index (Phi) is 4.33.